The second-order valence-electron chi connectivity index (χ2n) is 7.15. The van der Waals surface area contributed by atoms with E-state index in [1.165, 1.54) is 18.2 Å². The van der Waals surface area contributed by atoms with E-state index in [-0.39, 0.29) is 17.7 Å². The third-order valence-corrected chi connectivity index (χ3v) is 5.21. The summed E-state index contributed by atoms with van der Waals surface area (Å²) in [5, 5.41) is 26.7. The van der Waals surface area contributed by atoms with Crippen molar-refractivity contribution in [2.75, 3.05) is 0 Å². The second kappa shape index (κ2) is 8.23. The number of amides is 1. The van der Waals surface area contributed by atoms with E-state index in [1.807, 2.05) is 54.6 Å². The van der Waals surface area contributed by atoms with Crippen LogP contribution in [0.5, 0.6) is 0 Å². The molecule has 0 aliphatic carbocycles. The van der Waals surface area contributed by atoms with Gasteiger partial charge in [0.1, 0.15) is 6.04 Å². The molecule has 0 aliphatic heterocycles. The molecule has 0 saturated heterocycles. The van der Waals surface area contributed by atoms with Crippen molar-refractivity contribution in [3.63, 3.8) is 0 Å². The first kappa shape index (κ1) is 20.0. The number of benzene rings is 4. The van der Waals surface area contributed by atoms with Crippen molar-refractivity contribution in [2.45, 2.75) is 12.5 Å². The fourth-order valence-electron chi connectivity index (χ4n) is 3.77. The van der Waals surface area contributed by atoms with Gasteiger partial charge in [-0.3, -0.25) is 14.9 Å². The second-order valence-corrected chi connectivity index (χ2v) is 7.15. The Morgan fingerprint density at radius 1 is 0.903 bits per heavy atom. The van der Waals surface area contributed by atoms with Crippen LogP contribution in [-0.2, 0) is 11.2 Å². The lowest BCUT2D eigenvalue weighted by Gasteiger charge is -2.17. The number of carbonyl (C=O) groups excluding carboxylic acids is 1. The lowest BCUT2D eigenvalue weighted by Crippen LogP contribution is -2.42. The molecule has 0 saturated carbocycles. The van der Waals surface area contributed by atoms with Gasteiger partial charge in [0, 0.05) is 18.1 Å². The van der Waals surface area contributed by atoms with Crippen molar-refractivity contribution >= 4 is 39.1 Å². The highest BCUT2D eigenvalue weighted by Crippen LogP contribution is 2.29. The van der Waals surface area contributed by atoms with Crippen LogP contribution in [0.15, 0.2) is 78.9 Å². The third-order valence-electron chi connectivity index (χ3n) is 5.21. The molecule has 7 nitrogen and oxygen atoms in total. The number of carboxylic acid groups (broad SMARTS) is 1. The predicted molar refractivity (Wildman–Crippen MR) is 117 cm³/mol. The Balaban J connectivity index is 1.75. The zero-order valence-corrected chi connectivity index (χ0v) is 16.3. The lowest BCUT2D eigenvalue weighted by molar-refractivity contribution is -0.385. The Morgan fingerprint density at radius 2 is 1.45 bits per heavy atom. The quantitative estimate of drug-likeness (QED) is 0.277. The van der Waals surface area contributed by atoms with E-state index in [4.69, 9.17) is 0 Å². The molecule has 2 N–H and O–H groups in total. The highest BCUT2D eigenvalue weighted by Gasteiger charge is 2.26. The molecule has 0 unspecified atom stereocenters. The topological polar surface area (TPSA) is 110 Å². The van der Waals surface area contributed by atoms with Crippen molar-refractivity contribution in [3.8, 4) is 0 Å². The summed E-state index contributed by atoms with van der Waals surface area (Å²) in [6.07, 6.45) is -0.207. The number of aliphatic carboxylic acids is 1. The van der Waals surface area contributed by atoms with Crippen LogP contribution in [0.25, 0.3) is 21.5 Å². The zero-order valence-electron chi connectivity index (χ0n) is 16.3. The number of carboxylic acids is 1. The molecule has 0 aliphatic rings. The van der Waals surface area contributed by atoms with Crippen LogP contribution in [0.1, 0.15) is 15.9 Å². The van der Waals surface area contributed by atoms with Gasteiger partial charge in [0.2, 0.25) is 0 Å². The minimum Gasteiger partial charge on any atom is -0.480 e. The van der Waals surface area contributed by atoms with Gasteiger partial charge in [0.25, 0.3) is 11.6 Å². The van der Waals surface area contributed by atoms with E-state index < -0.39 is 22.8 Å². The third kappa shape index (κ3) is 3.93. The van der Waals surface area contributed by atoms with Crippen LogP contribution in [0, 0.1) is 10.1 Å². The minimum absolute atomic E-state index is 0.182. The summed E-state index contributed by atoms with van der Waals surface area (Å²) in [6, 6.07) is 21.3. The van der Waals surface area contributed by atoms with Gasteiger partial charge in [0.05, 0.1) is 10.5 Å². The summed E-state index contributed by atoms with van der Waals surface area (Å²) in [5.74, 6) is -1.81. The van der Waals surface area contributed by atoms with Gasteiger partial charge in [-0.05, 0) is 27.6 Å². The molecule has 0 aromatic heterocycles. The van der Waals surface area contributed by atoms with Gasteiger partial charge in [0.15, 0.2) is 0 Å². The number of hydrogen-bond acceptors (Lipinski definition) is 4. The number of nitrogens with zero attached hydrogens (tertiary/aromatic N) is 1. The molecule has 1 atom stereocenters. The highest BCUT2D eigenvalue weighted by atomic mass is 16.6. The SMILES string of the molecule is O=C(N[C@H](Cc1ccccc1[N+](=O)[O-])C(=O)O)c1c2ccccc2cc2ccccc12. The summed E-state index contributed by atoms with van der Waals surface area (Å²) in [7, 11) is 0. The first-order valence-corrected chi connectivity index (χ1v) is 9.62. The number of nitro benzene ring substituents is 1. The number of para-hydroxylation sites is 1. The summed E-state index contributed by atoms with van der Waals surface area (Å²) >= 11 is 0. The molecule has 0 bridgehead atoms. The number of rotatable bonds is 6. The number of fused-ring (bicyclic) bond motifs is 2. The van der Waals surface area contributed by atoms with Crippen molar-refractivity contribution in [1.82, 2.24) is 5.32 Å². The molecule has 4 aromatic rings. The minimum atomic E-state index is -1.33. The van der Waals surface area contributed by atoms with Gasteiger partial charge >= 0.3 is 5.97 Å². The van der Waals surface area contributed by atoms with Crippen molar-refractivity contribution < 1.29 is 19.6 Å². The summed E-state index contributed by atoms with van der Waals surface area (Å²) in [6.45, 7) is 0. The van der Waals surface area contributed by atoms with E-state index >= 15 is 0 Å². The Labute approximate surface area is 177 Å². The standard InChI is InChI=1S/C24H18N2O5/c27-23(25-20(24(28)29)14-17-9-3-6-12-21(17)26(30)31)22-18-10-4-1-7-15(18)13-16-8-2-5-11-19(16)22/h1-13,20H,14H2,(H,25,27)(H,28,29)/t20-/m1/s1. The van der Waals surface area contributed by atoms with E-state index in [0.29, 0.717) is 16.3 Å². The van der Waals surface area contributed by atoms with Crippen LogP contribution in [-0.4, -0.2) is 27.9 Å². The van der Waals surface area contributed by atoms with E-state index in [2.05, 4.69) is 5.32 Å². The zero-order chi connectivity index (χ0) is 22.0. The molecule has 4 rings (SSSR count). The molecule has 1 amide bonds. The first-order chi connectivity index (χ1) is 15.0. The van der Waals surface area contributed by atoms with Crippen molar-refractivity contribution in [2.24, 2.45) is 0 Å². The fraction of sp³-hybridized carbons (Fsp3) is 0.0833. The molecular weight excluding hydrogens is 396 g/mol. The fourth-order valence-corrected chi connectivity index (χ4v) is 3.77. The van der Waals surface area contributed by atoms with Crippen LogP contribution < -0.4 is 5.32 Å². The normalized spacial score (nSPS) is 11.9. The predicted octanol–water partition coefficient (Wildman–Crippen LogP) is 4.33. The van der Waals surface area contributed by atoms with Crippen LogP contribution >= 0.6 is 0 Å². The van der Waals surface area contributed by atoms with Crippen molar-refractivity contribution in [3.05, 3.63) is 100 Å². The number of hydrogen-bond donors (Lipinski definition) is 2. The Hall–Kier alpha value is -4.26. The van der Waals surface area contributed by atoms with E-state index in [0.717, 1.165) is 10.8 Å². The Kier molecular flexibility index (Phi) is 5.32. The van der Waals surface area contributed by atoms with Gasteiger partial charge < -0.3 is 10.4 Å². The number of nitrogens with one attached hydrogen (secondary N) is 1. The molecule has 4 aromatic carbocycles. The first-order valence-electron chi connectivity index (χ1n) is 9.62. The Bertz CT molecular complexity index is 1280. The van der Waals surface area contributed by atoms with Gasteiger partial charge in [-0.1, -0.05) is 66.7 Å². The molecule has 0 radical (unpaired) electrons. The Morgan fingerprint density at radius 3 is 2.03 bits per heavy atom. The van der Waals surface area contributed by atoms with Crippen LogP contribution in [0.2, 0.25) is 0 Å². The molecule has 31 heavy (non-hydrogen) atoms. The molecule has 154 valence electrons. The molecule has 0 spiro atoms. The average Bonchev–Trinajstić information content (AvgIpc) is 2.77. The highest BCUT2D eigenvalue weighted by molar-refractivity contribution is 6.18. The summed E-state index contributed by atoms with van der Waals surface area (Å²) < 4.78 is 0. The lowest BCUT2D eigenvalue weighted by atomic mass is 9.95. The largest absolute Gasteiger partial charge is 0.480 e. The monoisotopic (exact) mass is 414 g/mol. The molecule has 0 heterocycles. The summed E-state index contributed by atoms with van der Waals surface area (Å²) in [4.78, 5) is 35.9. The molecular formula is C24H18N2O5. The number of carbonyl (C=O) groups is 2. The van der Waals surface area contributed by atoms with Crippen LogP contribution in [0.4, 0.5) is 5.69 Å². The van der Waals surface area contributed by atoms with E-state index in [1.54, 1.807) is 6.07 Å². The van der Waals surface area contributed by atoms with Gasteiger partial charge in [-0.25, -0.2) is 4.79 Å². The maximum absolute atomic E-state index is 13.3. The molecule has 7 heteroatoms. The molecule has 0 fully saturated rings. The average molecular weight is 414 g/mol. The maximum atomic E-state index is 13.3. The number of nitro groups is 1. The van der Waals surface area contributed by atoms with E-state index in [9.17, 15) is 24.8 Å². The van der Waals surface area contributed by atoms with Gasteiger partial charge in [-0.2, -0.15) is 0 Å². The van der Waals surface area contributed by atoms with Crippen molar-refractivity contribution in [1.29, 1.82) is 0 Å². The van der Waals surface area contributed by atoms with Gasteiger partial charge in [-0.15, -0.1) is 0 Å². The smallest absolute Gasteiger partial charge is 0.326 e. The maximum Gasteiger partial charge on any atom is 0.326 e. The summed E-state index contributed by atoms with van der Waals surface area (Å²) in [5.41, 5.74) is 0.434. The van der Waals surface area contributed by atoms with Crippen LogP contribution in [0.3, 0.4) is 0 Å².